The smallest absolute Gasteiger partial charge is 0.259 e. The number of aromatic nitrogens is 2. The van der Waals surface area contributed by atoms with Gasteiger partial charge in [-0.15, -0.1) is 0 Å². The normalized spacial score (nSPS) is 12.9. The van der Waals surface area contributed by atoms with Crippen LogP contribution in [-0.2, 0) is 0 Å². The van der Waals surface area contributed by atoms with Gasteiger partial charge in [0.05, 0.1) is 25.5 Å². The van der Waals surface area contributed by atoms with Gasteiger partial charge in [0.1, 0.15) is 5.75 Å². The Morgan fingerprint density at radius 3 is 2.53 bits per heavy atom. The molecular formula is C25H30N6O3. The van der Waals surface area contributed by atoms with Gasteiger partial charge < -0.3 is 30.7 Å². The van der Waals surface area contributed by atoms with Crippen LogP contribution in [0.5, 0.6) is 11.5 Å². The first-order valence-electron chi connectivity index (χ1n) is 11.4. The van der Waals surface area contributed by atoms with Crippen molar-refractivity contribution < 1.29 is 14.3 Å². The summed E-state index contributed by atoms with van der Waals surface area (Å²) in [5, 5.41) is 6.13. The number of amides is 1. The third kappa shape index (κ3) is 5.74. The second-order valence-electron chi connectivity index (χ2n) is 7.92. The van der Waals surface area contributed by atoms with Crippen molar-refractivity contribution >= 4 is 29.0 Å². The van der Waals surface area contributed by atoms with Crippen LogP contribution in [0.15, 0.2) is 54.7 Å². The molecule has 0 atom stereocenters. The summed E-state index contributed by atoms with van der Waals surface area (Å²) >= 11 is 0. The van der Waals surface area contributed by atoms with Crippen molar-refractivity contribution in [2.24, 2.45) is 5.73 Å². The molecule has 1 aromatic heterocycles. The van der Waals surface area contributed by atoms with Gasteiger partial charge in [-0.05, 0) is 62.2 Å². The average molecular weight is 463 g/mol. The number of carbonyl (C=O) groups excluding carboxylic acids is 1. The van der Waals surface area contributed by atoms with Crippen LogP contribution in [0.3, 0.4) is 0 Å². The predicted octanol–water partition coefficient (Wildman–Crippen LogP) is 3.81. The van der Waals surface area contributed by atoms with E-state index in [2.05, 4.69) is 20.5 Å². The molecule has 1 aliphatic rings. The van der Waals surface area contributed by atoms with Crippen molar-refractivity contribution in [3.05, 3.63) is 60.3 Å². The van der Waals surface area contributed by atoms with E-state index in [9.17, 15) is 4.79 Å². The van der Waals surface area contributed by atoms with E-state index in [1.807, 2.05) is 30.3 Å². The Labute approximate surface area is 199 Å². The number of rotatable bonds is 10. The van der Waals surface area contributed by atoms with E-state index < -0.39 is 0 Å². The fraction of sp³-hybridized carbons (Fsp3) is 0.320. The van der Waals surface area contributed by atoms with Gasteiger partial charge in [0, 0.05) is 24.5 Å². The molecule has 1 fully saturated rings. The van der Waals surface area contributed by atoms with Gasteiger partial charge in [-0.3, -0.25) is 4.79 Å². The zero-order valence-corrected chi connectivity index (χ0v) is 19.3. The number of para-hydroxylation sites is 1. The van der Waals surface area contributed by atoms with E-state index >= 15 is 0 Å². The lowest BCUT2D eigenvalue weighted by Crippen LogP contribution is -2.21. The molecule has 0 spiro atoms. The zero-order valence-electron chi connectivity index (χ0n) is 19.3. The maximum Gasteiger partial charge on any atom is 0.259 e. The molecule has 0 aliphatic carbocycles. The minimum atomic E-state index is -0.234. The maximum absolute atomic E-state index is 12.6. The highest BCUT2D eigenvalue weighted by Crippen LogP contribution is 2.30. The van der Waals surface area contributed by atoms with E-state index in [0.717, 1.165) is 43.9 Å². The Morgan fingerprint density at radius 2 is 1.79 bits per heavy atom. The van der Waals surface area contributed by atoms with Crippen LogP contribution in [0, 0.1) is 0 Å². The monoisotopic (exact) mass is 462 g/mol. The molecule has 1 saturated heterocycles. The van der Waals surface area contributed by atoms with Crippen LogP contribution in [-0.4, -0.2) is 49.2 Å². The van der Waals surface area contributed by atoms with Crippen LogP contribution in [0.25, 0.3) is 0 Å². The Morgan fingerprint density at radius 1 is 1.06 bits per heavy atom. The molecule has 2 heterocycles. The van der Waals surface area contributed by atoms with Gasteiger partial charge in [0.2, 0.25) is 5.95 Å². The Balaban J connectivity index is 1.44. The third-order valence-electron chi connectivity index (χ3n) is 5.50. The molecular weight excluding hydrogens is 432 g/mol. The predicted molar refractivity (Wildman–Crippen MR) is 133 cm³/mol. The first kappa shape index (κ1) is 23.3. The summed E-state index contributed by atoms with van der Waals surface area (Å²) in [6, 6.07) is 14.5. The molecule has 1 amide bonds. The number of hydrogen-bond acceptors (Lipinski definition) is 8. The fourth-order valence-corrected chi connectivity index (χ4v) is 3.74. The van der Waals surface area contributed by atoms with Crippen LogP contribution >= 0.6 is 0 Å². The van der Waals surface area contributed by atoms with Crippen LogP contribution < -0.4 is 30.7 Å². The molecule has 3 aromatic rings. The van der Waals surface area contributed by atoms with E-state index in [1.54, 1.807) is 31.5 Å². The van der Waals surface area contributed by atoms with E-state index in [0.29, 0.717) is 41.8 Å². The van der Waals surface area contributed by atoms with Crippen molar-refractivity contribution in [3.63, 3.8) is 0 Å². The van der Waals surface area contributed by atoms with Crippen LogP contribution in [0.1, 0.15) is 29.6 Å². The standard InChI is InChI=1S/C25H30N6O3/c1-33-21-8-3-2-7-20(21)24(32)28-18-9-11-19(12-10-18)29-25-27-17-22(34-16-6-13-26)23(30-25)31-14-4-5-15-31/h2-3,7-12,17H,4-6,13-16,26H2,1H3,(H,28,32)(H,27,29,30). The molecule has 1 aliphatic heterocycles. The lowest BCUT2D eigenvalue weighted by molar-refractivity contribution is 0.102. The lowest BCUT2D eigenvalue weighted by Gasteiger charge is -2.20. The molecule has 0 saturated carbocycles. The molecule has 0 bridgehead atoms. The van der Waals surface area contributed by atoms with E-state index in [1.165, 1.54) is 0 Å². The highest BCUT2D eigenvalue weighted by Gasteiger charge is 2.20. The number of carbonyl (C=O) groups is 1. The molecule has 178 valence electrons. The topological polar surface area (TPSA) is 115 Å². The van der Waals surface area contributed by atoms with E-state index in [4.69, 9.17) is 20.2 Å². The summed E-state index contributed by atoms with van der Waals surface area (Å²) in [4.78, 5) is 24.0. The fourth-order valence-electron chi connectivity index (χ4n) is 3.74. The SMILES string of the molecule is COc1ccccc1C(=O)Nc1ccc(Nc2ncc(OCCCN)c(N3CCCC3)n2)cc1. The largest absolute Gasteiger partial charge is 0.496 e. The number of ether oxygens (including phenoxy) is 2. The maximum atomic E-state index is 12.6. The van der Waals surface area contributed by atoms with Gasteiger partial charge in [-0.1, -0.05) is 12.1 Å². The molecule has 4 rings (SSSR count). The average Bonchev–Trinajstić information content (AvgIpc) is 3.41. The van der Waals surface area contributed by atoms with Gasteiger partial charge in [0.15, 0.2) is 11.6 Å². The number of hydrogen-bond donors (Lipinski definition) is 3. The number of benzene rings is 2. The number of anilines is 4. The Bertz CT molecular complexity index is 1100. The second-order valence-corrected chi connectivity index (χ2v) is 7.92. The Kier molecular flexibility index (Phi) is 7.77. The molecule has 4 N–H and O–H groups in total. The summed E-state index contributed by atoms with van der Waals surface area (Å²) < 4.78 is 11.1. The van der Waals surface area contributed by atoms with Crippen molar-refractivity contribution in [1.82, 2.24) is 9.97 Å². The number of nitrogens with one attached hydrogen (secondary N) is 2. The minimum absolute atomic E-state index is 0.234. The van der Waals surface area contributed by atoms with Crippen molar-refractivity contribution in [1.29, 1.82) is 0 Å². The highest BCUT2D eigenvalue weighted by molar-refractivity contribution is 6.06. The summed E-state index contributed by atoms with van der Waals surface area (Å²) in [6.45, 7) is 3.01. The molecule has 0 radical (unpaired) electrons. The Hall–Kier alpha value is -3.85. The minimum Gasteiger partial charge on any atom is -0.496 e. The highest BCUT2D eigenvalue weighted by atomic mass is 16.5. The first-order chi connectivity index (χ1) is 16.7. The van der Waals surface area contributed by atoms with Gasteiger partial charge in [0.25, 0.3) is 5.91 Å². The summed E-state index contributed by atoms with van der Waals surface area (Å²) in [7, 11) is 1.54. The van der Waals surface area contributed by atoms with Crippen molar-refractivity contribution in [2.45, 2.75) is 19.3 Å². The lowest BCUT2D eigenvalue weighted by atomic mass is 10.2. The van der Waals surface area contributed by atoms with Crippen LogP contribution in [0.4, 0.5) is 23.1 Å². The number of nitrogens with two attached hydrogens (primary N) is 1. The molecule has 0 unspecified atom stereocenters. The number of methoxy groups -OCH3 is 1. The van der Waals surface area contributed by atoms with E-state index in [-0.39, 0.29) is 5.91 Å². The first-order valence-corrected chi connectivity index (χ1v) is 11.4. The molecule has 34 heavy (non-hydrogen) atoms. The molecule has 9 nitrogen and oxygen atoms in total. The quantitative estimate of drug-likeness (QED) is 0.390. The second kappa shape index (κ2) is 11.3. The van der Waals surface area contributed by atoms with Crippen molar-refractivity contribution in [2.75, 3.05) is 48.9 Å². The summed E-state index contributed by atoms with van der Waals surface area (Å²) in [5.74, 6) is 2.25. The third-order valence-corrected chi connectivity index (χ3v) is 5.50. The van der Waals surface area contributed by atoms with Gasteiger partial charge in [-0.2, -0.15) is 4.98 Å². The molecule has 9 heteroatoms. The van der Waals surface area contributed by atoms with Gasteiger partial charge >= 0.3 is 0 Å². The number of nitrogens with zero attached hydrogens (tertiary/aromatic N) is 3. The van der Waals surface area contributed by atoms with Gasteiger partial charge in [-0.25, -0.2) is 4.98 Å². The molecule has 2 aromatic carbocycles. The summed E-state index contributed by atoms with van der Waals surface area (Å²) in [6.07, 6.45) is 4.76. The van der Waals surface area contributed by atoms with Crippen LogP contribution in [0.2, 0.25) is 0 Å². The zero-order chi connectivity index (χ0) is 23.8. The van der Waals surface area contributed by atoms with Crippen molar-refractivity contribution in [3.8, 4) is 11.5 Å². The summed E-state index contributed by atoms with van der Waals surface area (Å²) in [5.41, 5.74) is 7.53.